The molecule has 4 nitrogen and oxygen atoms in total. The molecule has 2 rings (SSSR count). The van der Waals surface area contributed by atoms with E-state index >= 15 is 0 Å². The Bertz CT molecular complexity index is 307. The second-order valence-corrected chi connectivity index (χ2v) is 4.08. The van der Waals surface area contributed by atoms with E-state index in [1.165, 1.54) is 0 Å². The molecule has 0 aliphatic carbocycles. The third-order valence-electron chi connectivity index (χ3n) is 2.60. The molecule has 4 heteroatoms. The summed E-state index contributed by atoms with van der Waals surface area (Å²) in [6.45, 7) is 3.98. The van der Waals surface area contributed by atoms with E-state index in [1.54, 1.807) is 0 Å². The van der Waals surface area contributed by atoms with Gasteiger partial charge < -0.3 is 18.9 Å². The standard InChI is InChI=1S/C14H20O4/c1-2-6-14-13(5-1)17-9-3-7-15-11-12-16-8-4-10-18-14/h1-2,5-6H,3-4,7-12H2. The van der Waals surface area contributed by atoms with Crippen molar-refractivity contribution in [2.45, 2.75) is 12.8 Å². The molecule has 0 saturated heterocycles. The topological polar surface area (TPSA) is 36.9 Å². The normalized spacial score (nSPS) is 18.9. The molecule has 1 aliphatic heterocycles. The van der Waals surface area contributed by atoms with E-state index in [4.69, 9.17) is 18.9 Å². The number of fused-ring (bicyclic) bond motifs is 1. The van der Waals surface area contributed by atoms with Crippen molar-refractivity contribution in [2.75, 3.05) is 39.6 Å². The van der Waals surface area contributed by atoms with Crippen LogP contribution in [0.5, 0.6) is 11.5 Å². The summed E-state index contributed by atoms with van der Waals surface area (Å²) in [6, 6.07) is 7.76. The fourth-order valence-electron chi connectivity index (χ4n) is 1.70. The maximum absolute atomic E-state index is 5.70. The summed E-state index contributed by atoms with van der Waals surface area (Å²) < 4.78 is 22.3. The van der Waals surface area contributed by atoms with Crippen molar-refractivity contribution in [3.63, 3.8) is 0 Å². The molecular weight excluding hydrogens is 232 g/mol. The van der Waals surface area contributed by atoms with Crippen molar-refractivity contribution in [1.29, 1.82) is 0 Å². The van der Waals surface area contributed by atoms with Gasteiger partial charge in [-0.3, -0.25) is 0 Å². The molecule has 0 N–H and O–H groups in total. The zero-order valence-corrected chi connectivity index (χ0v) is 10.6. The molecule has 1 aliphatic rings. The monoisotopic (exact) mass is 252 g/mol. The van der Waals surface area contributed by atoms with Gasteiger partial charge in [-0.1, -0.05) is 12.1 Å². The molecule has 100 valence electrons. The van der Waals surface area contributed by atoms with Gasteiger partial charge in [0.15, 0.2) is 11.5 Å². The smallest absolute Gasteiger partial charge is 0.161 e. The van der Waals surface area contributed by atoms with Crippen LogP contribution in [-0.2, 0) is 9.47 Å². The van der Waals surface area contributed by atoms with Crippen molar-refractivity contribution in [1.82, 2.24) is 0 Å². The molecule has 18 heavy (non-hydrogen) atoms. The van der Waals surface area contributed by atoms with Crippen molar-refractivity contribution in [3.05, 3.63) is 24.3 Å². The Kier molecular flexibility index (Phi) is 5.82. The van der Waals surface area contributed by atoms with Gasteiger partial charge in [-0.25, -0.2) is 0 Å². The SMILES string of the molecule is c1ccc2c(c1)OCCCOCCOCCCO2. The third kappa shape index (κ3) is 4.55. The van der Waals surface area contributed by atoms with Crippen molar-refractivity contribution in [2.24, 2.45) is 0 Å². The Balaban J connectivity index is 1.91. The molecule has 0 spiro atoms. The number of ether oxygens (including phenoxy) is 4. The highest BCUT2D eigenvalue weighted by Crippen LogP contribution is 2.26. The van der Waals surface area contributed by atoms with Gasteiger partial charge >= 0.3 is 0 Å². The maximum Gasteiger partial charge on any atom is 0.161 e. The van der Waals surface area contributed by atoms with Crippen LogP contribution in [0.3, 0.4) is 0 Å². The van der Waals surface area contributed by atoms with Crippen LogP contribution in [0.15, 0.2) is 24.3 Å². The van der Waals surface area contributed by atoms with Gasteiger partial charge in [0.2, 0.25) is 0 Å². The van der Waals surface area contributed by atoms with E-state index in [9.17, 15) is 0 Å². The molecule has 0 aromatic heterocycles. The van der Waals surface area contributed by atoms with Gasteiger partial charge in [0.1, 0.15) is 0 Å². The molecule has 1 aromatic rings. The summed E-state index contributed by atoms with van der Waals surface area (Å²) in [5, 5.41) is 0. The quantitative estimate of drug-likeness (QED) is 0.710. The largest absolute Gasteiger partial charge is 0.490 e. The maximum atomic E-state index is 5.70. The highest BCUT2D eigenvalue weighted by molar-refractivity contribution is 5.39. The van der Waals surface area contributed by atoms with Gasteiger partial charge in [-0.2, -0.15) is 0 Å². The summed E-state index contributed by atoms with van der Waals surface area (Å²) in [5.41, 5.74) is 0. The summed E-state index contributed by atoms with van der Waals surface area (Å²) in [4.78, 5) is 0. The fourth-order valence-corrected chi connectivity index (χ4v) is 1.70. The second kappa shape index (κ2) is 7.95. The highest BCUT2D eigenvalue weighted by Gasteiger charge is 2.04. The van der Waals surface area contributed by atoms with Gasteiger partial charge in [-0.15, -0.1) is 0 Å². The van der Waals surface area contributed by atoms with Gasteiger partial charge in [0, 0.05) is 26.1 Å². The van der Waals surface area contributed by atoms with E-state index in [1.807, 2.05) is 24.3 Å². The molecular formula is C14H20O4. The summed E-state index contributed by atoms with van der Waals surface area (Å²) in [7, 11) is 0. The molecule has 0 saturated carbocycles. The highest BCUT2D eigenvalue weighted by atomic mass is 16.5. The number of para-hydroxylation sites is 2. The fraction of sp³-hybridized carbons (Fsp3) is 0.571. The molecule has 0 radical (unpaired) electrons. The van der Waals surface area contributed by atoms with Crippen molar-refractivity contribution in [3.8, 4) is 11.5 Å². The Morgan fingerprint density at radius 1 is 0.611 bits per heavy atom. The van der Waals surface area contributed by atoms with Crippen molar-refractivity contribution < 1.29 is 18.9 Å². The van der Waals surface area contributed by atoms with Crippen molar-refractivity contribution >= 4 is 0 Å². The molecule has 1 aromatic carbocycles. The number of benzene rings is 1. The molecule has 0 bridgehead atoms. The van der Waals surface area contributed by atoms with E-state index in [2.05, 4.69) is 0 Å². The van der Waals surface area contributed by atoms with Crippen LogP contribution >= 0.6 is 0 Å². The zero-order valence-electron chi connectivity index (χ0n) is 10.6. The minimum atomic E-state index is 0.640. The van der Waals surface area contributed by atoms with Gasteiger partial charge in [0.25, 0.3) is 0 Å². The first kappa shape index (κ1) is 13.2. The first-order valence-corrected chi connectivity index (χ1v) is 6.47. The lowest BCUT2D eigenvalue weighted by atomic mass is 10.3. The first-order chi connectivity index (χ1) is 8.97. The van der Waals surface area contributed by atoms with Crippen LogP contribution in [0.2, 0.25) is 0 Å². The van der Waals surface area contributed by atoms with Crippen LogP contribution < -0.4 is 9.47 Å². The van der Waals surface area contributed by atoms with Crippen LogP contribution in [0.1, 0.15) is 12.8 Å². The van der Waals surface area contributed by atoms with Gasteiger partial charge in [-0.05, 0) is 12.1 Å². The molecule has 0 unspecified atom stereocenters. The lowest BCUT2D eigenvalue weighted by Crippen LogP contribution is -2.11. The van der Waals surface area contributed by atoms with Crippen LogP contribution in [0.4, 0.5) is 0 Å². The van der Waals surface area contributed by atoms with Gasteiger partial charge in [0.05, 0.1) is 26.4 Å². The lowest BCUT2D eigenvalue weighted by Gasteiger charge is -2.14. The first-order valence-electron chi connectivity index (χ1n) is 6.47. The van der Waals surface area contributed by atoms with E-state index in [0.29, 0.717) is 39.6 Å². The molecule has 0 fully saturated rings. The number of hydrogen-bond donors (Lipinski definition) is 0. The molecule has 0 atom stereocenters. The number of hydrogen-bond acceptors (Lipinski definition) is 4. The second-order valence-electron chi connectivity index (χ2n) is 4.08. The van der Waals surface area contributed by atoms with E-state index in [0.717, 1.165) is 24.3 Å². The Labute approximate surface area is 108 Å². The van der Waals surface area contributed by atoms with Crippen LogP contribution in [0.25, 0.3) is 0 Å². The molecule has 0 amide bonds. The lowest BCUT2D eigenvalue weighted by molar-refractivity contribution is 0.0380. The Morgan fingerprint density at radius 3 is 1.61 bits per heavy atom. The summed E-state index contributed by atoms with van der Waals surface area (Å²) in [5.74, 6) is 1.60. The third-order valence-corrected chi connectivity index (χ3v) is 2.60. The average Bonchev–Trinajstić information content (AvgIpc) is 2.41. The van der Waals surface area contributed by atoms with E-state index in [-0.39, 0.29) is 0 Å². The van der Waals surface area contributed by atoms with Crippen LogP contribution in [0, 0.1) is 0 Å². The predicted molar refractivity (Wildman–Crippen MR) is 68.3 cm³/mol. The minimum Gasteiger partial charge on any atom is -0.490 e. The zero-order chi connectivity index (χ0) is 12.5. The summed E-state index contributed by atoms with van der Waals surface area (Å²) >= 11 is 0. The molecule has 1 heterocycles. The Hall–Kier alpha value is -1.26. The van der Waals surface area contributed by atoms with Crippen LogP contribution in [-0.4, -0.2) is 39.6 Å². The Morgan fingerprint density at radius 2 is 1.11 bits per heavy atom. The summed E-state index contributed by atoms with van der Waals surface area (Å²) in [6.07, 6.45) is 1.74. The predicted octanol–water partition coefficient (Wildman–Crippen LogP) is 2.27. The average molecular weight is 252 g/mol. The minimum absolute atomic E-state index is 0.640. The van der Waals surface area contributed by atoms with E-state index < -0.39 is 0 Å². The number of rotatable bonds is 0.